The van der Waals surface area contributed by atoms with Gasteiger partial charge in [-0.3, -0.25) is 0 Å². The molecule has 0 heterocycles. The van der Waals surface area contributed by atoms with Crippen molar-refractivity contribution in [1.29, 1.82) is 0 Å². The second kappa shape index (κ2) is 6.16. The van der Waals surface area contributed by atoms with E-state index in [1.54, 1.807) is 14.0 Å². The van der Waals surface area contributed by atoms with Gasteiger partial charge in [0, 0.05) is 19.6 Å². The van der Waals surface area contributed by atoms with Crippen molar-refractivity contribution in [2.75, 3.05) is 20.1 Å². The van der Waals surface area contributed by atoms with Crippen LogP contribution in [0, 0.1) is 5.41 Å². The van der Waals surface area contributed by atoms with Crippen LogP contribution >= 0.6 is 0 Å². The lowest BCUT2D eigenvalue weighted by molar-refractivity contribution is 0.215. The van der Waals surface area contributed by atoms with Crippen molar-refractivity contribution in [3.63, 3.8) is 0 Å². The number of hydrogen-bond acceptors (Lipinski definition) is 3. The van der Waals surface area contributed by atoms with Crippen molar-refractivity contribution >= 4 is 10.0 Å². The molecule has 0 spiro atoms. The monoisotopic (exact) mass is 264 g/mol. The van der Waals surface area contributed by atoms with Gasteiger partial charge in [-0.2, -0.15) is 0 Å². The molecule has 0 radical (unpaired) electrons. The molecule has 2 atom stereocenters. The smallest absolute Gasteiger partial charge is 0.217 e. The molecule has 104 valence electrons. The SMILES string of the molecule is CCNCC(C)S(=O)(=O)N(C)C(C)C(C)(C)C. The van der Waals surface area contributed by atoms with E-state index in [1.165, 1.54) is 4.31 Å². The van der Waals surface area contributed by atoms with Gasteiger partial charge >= 0.3 is 0 Å². The minimum absolute atomic E-state index is 0.0171. The van der Waals surface area contributed by atoms with Crippen LogP contribution < -0.4 is 5.32 Å². The van der Waals surface area contributed by atoms with Gasteiger partial charge in [0.1, 0.15) is 0 Å². The fourth-order valence-electron chi connectivity index (χ4n) is 1.50. The van der Waals surface area contributed by atoms with Crippen LogP contribution in [-0.2, 0) is 10.0 Å². The highest BCUT2D eigenvalue weighted by Gasteiger charge is 2.34. The zero-order valence-electron chi connectivity index (χ0n) is 12.2. The summed E-state index contributed by atoms with van der Waals surface area (Å²) in [6, 6.07) is -0.0171. The molecule has 4 nitrogen and oxygen atoms in total. The molecule has 17 heavy (non-hydrogen) atoms. The van der Waals surface area contributed by atoms with Gasteiger partial charge in [0.25, 0.3) is 0 Å². The fourth-order valence-corrected chi connectivity index (χ4v) is 3.16. The molecule has 0 aliphatic heterocycles. The summed E-state index contributed by atoms with van der Waals surface area (Å²) in [5.74, 6) is 0. The summed E-state index contributed by atoms with van der Waals surface area (Å²) in [7, 11) is -1.55. The molecule has 5 heteroatoms. The molecule has 0 aromatic heterocycles. The Kier molecular flexibility index (Phi) is 6.11. The zero-order chi connectivity index (χ0) is 13.9. The van der Waals surface area contributed by atoms with E-state index in [0.717, 1.165) is 6.54 Å². The van der Waals surface area contributed by atoms with E-state index < -0.39 is 15.3 Å². The molecule has 0 saturated heterocycles. The predicted octanol–water partition coefficient (Wildman–Crippen LogP) is 1.68. The second-order valence-electron chi connectivity index (χ2n) is 5.72. The third-order valence-electron chi connectivity index (χ3n) is 3.39. The van der Waals surface area contributed by atoms with E-state index in [0.29, 0.717) is 6.54 Å². The summed E-state index contributed by atoms with van der Waals surface area (Å²) in [6.07, 6.45) is 0. The van der Waals surface area contributed by atoms with Crippen molar-refractivity contribution in [2.45, 2.75) is 52.8 Å². The standard InChI is InChI=1S/C12H28N2O2S/c1-8-13-9-10(2)17(15,16)14(7)11(3)12(4,5)6/h10-11,13H,8-9H2,1-7H3. The van der Waals surface area contributed by atoms with Crippen LogP contribution in [0.4, 0.5) is 0 Å². The van der Waals surface area contributed by atoms with Crippen LogP contribution in [0.2, 0.25) is 0 Å². The Bertz CT molecular complexity index is 320. The van der Waals surface area contributed by atoms with Crippen LogP contribution in [0.5, 0.6) is 0 Å². The maximum Gasteiger partial charge on any atom is 0.217 e. The van der Waals surface area contributed by atoms with E-state index in [4.69, 9.17) is 0 Å². The van der Waals surface area contributed by atoms with Crippen molar-refractivity contribution in [1.82, 2.24) is 9.62 Å². The van der Waals surface area contributed by atoms with Gasteiger partial charge in [-0.25, -0.2) is 12.7 Å². The van der Waals surface area contributed by atoms with E-state index >= 15 is 0 Å². The molecule has 0 fully saturated rings. The van der Waals surface area contributed by atoms with Gasteiger partial charge in [0.15, 0.2) is 0 Å². The number of nitrogens with one attached hydrogen (secondary N) is 1. The second-order valence-corrected chi connectivity index (χ2v) is 8.13. The summed E-state index contributed by atoms with van der Waals surface area (Å²) in [5.41, 5.74) is -0.0558. The third kappa shape index (κ3) is 4.56. The van der Waals surface area contributed by atoms with E-state index in [9.17, 15) is 8.42 Å². The van der Waals surface area contributed by atoms with Crippen molar-refractivity contribution in [2.24, 2.45) is 5.41 Å². The maximum absolute atomic E-state index is 12.3. The number of sulfonamides is 1. The highest BCUT2D eigenvalue weighted by Crippen LogP contribution is 2.25. The fraction of sp³-hybridized carbons (Fsp3) is 1.00. The first kappa shape index (κ1) is 16.9. The van der Waals surface area contributed by atoms with Gasteiger partial charge in [-0.15, -0.1) is 0 Å². The van der Waals surface area contributed by atoms with Gasteiger partial charge in [-0.05, 0) is 25.8 Å². The van der Waals surface area contributed by atoms with Crippen LogP contribution in [0.3, 0.4) is 0 Å². The quantitative estimate of drug-likeness (QED) is 0.794. The molecular formula is C12H28N2O2S. The lowest BCUT2D eigenvalue weighted by Gasteiger charge is -2.36. The zero-order valence-corrected chi connectivity index (χ0v) is 13.1. The van der Waals surface area contributed by atoms with Gasteiger partial charge < -0.3 is 5.32 Å². The van der Waals surface area contributed by atoms with Crippen LogP contribution in [0.1, 0.15) is 41.5 Å². The lowest BCUT2D eigenvalue weighted by atomic mass is 9.88. The average Bonchev–Trinajstić information content (AvgIpc) is 2.22. The molecule has 1 N–H and O–H groups in total. The molecule has 0 rings (SSSR count). The first-order valence-corrected chi connectivity index (χ1v) is 7.73. The average molecular weight is 264 g/mol. The van der Waals surface area contributed by atoms with E-state index in [1.807, 2.05) is 13.8 Å². The Morgan fingerprint density at radius 3 is 2.06 bits per heavy atom. The normalized spacial score (nSPS) is 17.2. The van der Waals surface area contributed by atoms with Crippen LogP contribution in [0.25, 0.3) is 0 Å². The topological polar surface area (TPSA) is 49.4 Å². The summed E-state index contributed by atoms with van der Waals surface area (Å²) >= 11 is 0. The Morgan fingerprint density at radius 1 is 1.24 bits per heavy atom. The third-order valence-corrected chi connectivity index (χ3v) is 5.69. The van der Waals surface area contributed by atoms with Crippen molar-refractivity contribution < 1.29 is 8.42 Å². The number of nitrogens with zero attached hydrogens (tertiary/aromatic N) is 1. The Labute approximate surface area is 107 Å². The van der Waals surface area contributed by atoms with Crippen molar-refractivity contribution in [3.8, 4) is 0 Å². The van der Waals surface area contributed by atoms with Crippen LogP contribution in [0.15, 0.2) is 0 Å². The first-order chi connectivity index (χ1) is 7.55. The highest BCUT2D eigenvalue weighted by molar-refractivity contribution is 7.89. The van der Waals surface area contributed by atoms with Gasteiger partial charge in [-0.1, -0.05) is 27.7 Å². The van der Waals surface area contributed by atoms with Crippen LogP contribution in [-0.4, -0.2) is 44.2 Å². The van der Waals surface area contributed by atoms with E-state index in [-0.39, 0.29) is 11.5 Å². The summed E-state index contributed by atoms with van der Waals surface area (Å²) < 4.78 is 26.1. The summed E-state index contributed by atoms with van der Waals surface area (Å²) in [5, 5.41) is 2.69. The first-order valence-electron chi connectivity index (χ1n) is 6.22. The largest absolute Gasteiger partial charge is 0.316 e. The van der Waals surface area contributed by atoms with Gasteiger partial charge in [0.05, 0.1) is 5.25 Å². The number of rotatable bonds is 6. The Balaban J connectivity index is 4.82. The predicted molar refractivity (Wildman–Crippen MR) is 73.6 cm³/mol. The van der Waals surface area contributed by atoms with E-state index in [2.05, 4.69) is 26.1 Å². The molecule has 0 aromatic carbocycles. The molecule has 0 saturated carbocycles. The Hall–Kier alpha value is -0.130. The minimum Gasteiger partial charge on any atom is -0.316 e. The molecule has 0 aromatic rings. The lowest BCUT2D eigenvalue weighted by Crippen LogP contribution is -2.48. The minimum atomic E-state index is -3.22. The molecule has 2 unspecified atom stereocenters. The number of hydrogen-bond donors (Lipinski definition) is 1. The summed E-state index contributed by atoms with van der Waals surface area (Å²) in [4.78, 5) is 0. The van der Waals surface area contributed by atoms with Gasteiger partial charge in [0.2, 0.25) is 10.0 Å². The molecule has 0 amide bonds. The summed E-state index contributed by atoms with van der Waals surface area (Å²) in [6.45, 7) is 13.1. The molecule has 0 aliphatic rings. The molecule has 0 bridgehead atoms. The molecule has 0 aliphatic carbocycles. The highest BCUT2D eigenvalue weighted by atomic mass is 32.2. The Morgan fingerprint density at radius 2 is 1.71 bits per heavy atom. The maximum atomic E-state index is 12.3. The van der Waals surface area contributed by atoms with Crippen molar-refractivity contribution in [3.05, 3.63) is 0 Å². The molecular weight excluding hydrogens is 236 g/mol.